The summed E-state index contributed by atoms with van der Waals surface area (Å²) in [6, 6.07) is -0.348. The summed E-state index contributed by atoms with van der Waals surface area (Å²) in [5, 5.41) is 6.96. The van der Waals surface area contributed by atoms with Crippen molar-refractivity contribution >= 4 is 5.97 Å². The lowest BCUT2D eigenvalue weighted by atomic mass is 10.3. The first-order valence-corrected chi connectivity index (χ1v) is 4.41. The Bertz CT molecular complexity index is 309. The van der Waals surface area contributed by atoms with Gasteiger partial charge in [0.05, 0.1) is 19.9 Å². The number of nitrogens with zero attached hydrogens (tertiary/aromatic N) is 2. The first-order valence-electron chi connectivity index (χ1n) is 4.41. The van der Waals surface area contributed by atoms with Crippen LogP contribution in [0.25, 0.3) is 0 Å². The van der Waals surface area contributed by atoms with Gasteiger partial charge in [0.25, 0.3) is 0 Å². The van der Waals surface area contributed by atoms with Crippen molar-refractivity contribution in [3.05, 3.63) is 18.0 Å². The molecular formula is C9H15N3O2. The molecule has 1 unspecified atom stereocenters. The average Bonchev–Trinajstić information content (AvgIpc) is 2.59. The highest BCUT2D eigenvalue weighted by molar-refractivity contribution is 5.75. The zero-order chi connectivity index (χ0) is 10.6. The molecule has 78 valence electrons. The lowest BCUT2D eigenvalue weighted by molar-refractivity contribution is -0.143. The van der Waals surface area contributed by atoms with Gasteiger partial charge in [-0.2, -0.15) is 5.10 Å². The number of nitrogens with one attached hydrogen (secondary N) is 1. The zero-order valence-electron chi connectivity index (χ0n) is 8.65. The number of carbonyl (C=O) groups excluding carboxylic acids is 1. The predicted molar refractivity (Wildman–Crippen MR) is 51.8 cm³/mol. The van der Waals surface area contributed by atoms with Crippen LogP contribution in [0.3, 0.4) is 0 Å². The third kappa shape index (κ3) is 2.56. The second-order valence-electron chi connectivity index (χ2n) is 3.10. The first kappa shape index (κ1) is 10.7. The number of aromatic nitrogens is 2. The fraction of sp³-hybridized carbons (Fsp3) is 0.556. The third-order valence-corrected chi connectivity index (χ3v) is 1.97. The molecule has 1 aromatic heterocycles. The molecule has 1 rings (SSSR count). The topological polar surface area (TPSA) is 56.2 Å². The van der Waals surface area contributed by atoms with Crippen LogP contribution in [0, 0.1) is 6.92 Å². The molecule has 1 heterocycles. The standard InChI is InChI=1S/C9H15N3O2/c1-7-4-11-12(5-7)6-8(10-2)9(13)14-3/h4-5,8,10H,6H2,1-3H3. The molecule has 14 heavy (non-hydrogen) atoms. The van der Waals surface area contributed by atoms with Gasteiger partial charge in [-0.15, -0.1) is 0 Å². The Morgan fingerprint density at radius 2 is 2.50 bits per heavy atom. The number of carbonyl (C=O) groups is 1. The summed E-state index contributed by atoms with van der Waals surface area (Å²) in [5.41, 5.74) is 1.07. The normalized spacial score (nSPS) is 12.5. The Labute approximate surface area is 83.1 Å². The number of esters is 1. The molecule has 0 radical (unpaired) electrons. The number of rotatable bonds is 4. The summed E-state index contributed by atoms with van der Waals surface area (Å²) in [6.45, 7) is 2.44. The Hall–Kier alpha value is -1.36. The van der Waals surface area contributed by atoms with Crippen LogP contribution in [-0.2, 0) is 16.1 Å². The van der Waals surface area contributed by atoms with Gasteiger partial charge >= 0.3 is 5.97 Å². The fourth-order valence-electron chi connectivity index (χ4n) is 1.18. The summed E-state index contributed by atoms with van der Waals surface area (Å²) in [7, 11) is 3.10. The van der Waals surface area contributed by atoms with E-state index in [1.54, 1.807) is 17.9 Å². The fourth-order valence-corrected chi connectivity index (χ4v) is 1.18. The minimum atomic E-state index is -0.348. The zero-order valence-corrected chi connectivity index (χ0v) is 8.65. The van der Waals surface area contributed by atoms with Gasteiger partial charge in [-0.1, -0.05) is 0 Å². The van der Waals surface area contributed by atoms with Gasteiger partial charge in [0.2, 0.25) is 0 Å². The monoisotopic (exact) mass is 197 g/mol. The van der Waals surface area contributed by atoms with Crippen molar-refractivity contribution in [3.8, 4) is 0 Å². The maximum Gasteiger partial charge on any atom is 0.324 e. The largest absolute Gasteiger partial charge is 0.468 e. The molecule has 0 fully saturated rings. The van der Waals surface area contributed by atoms with Gasteiger partial charge in [-0.3, -0.25) is 9.48 Å². The summed E-state index contributed by atoms with van der Waals surface area (Å²) in [5.74, 6) is -0.277. The van der Waals surface area contributed by atoms with E-state index in [2.05, 4.69) is 15.2 Å². The quantitative estimate of drug-likeness (QED) is 0.688. The lowest BCUT2D eigenvalue weighted by Crippen LogP contribution is -2.38. The number of aryl methyl sites for hydroxylation is 1. The van der Waals surface area contributed by atoms with Crippen LogP contribution >= 0.6 is 0 Å². The van der Waals surface area contributed by atoms with Crippen LogP contribution < -0.4 is 5.32 Å². The molecule has 1 aromatic rings. The van der Waals surface area contributed by atoms with E-state index in [0.29, 0.717) is 6.54 Å². The smallest absolute Gasteiger partial charge is 0.324 e. The van der Waals surface area contributed by atoms with Crippen LogP contribution in [0.5, 0.6) is 0 Å². The Kier molecular flexibility index (Phi) is 3.64. The summed E-state index contributed by atoms with van der Waals surface area (Å²) in [6.07, 6.45) is 3.64. The number of hydrogen-bond donors (Lipinski definition) is 1. The summed E-state index contributed by atoms with van der Waals surface area (Å²) in [4.78, 5) is 11.2. The van der Waals surface area contributed by atoms with Crippen molar-refractivity contribution in [1.29, 1.82) is 0 Å². The van der Waals surface area contributed by atoms with Crippen LogP contribution in [-0.4, -0.2) is 35.9 Å². The number of likely N-dealkylation sites (N-methyl/N-ethyl adjacent to an activating group) is 1. The Morgan fingerprint density at radius 3 is 2.93 bits per heavy atom. The van der Waals surface area contributed by atoms with E-state index >= 15 is 0 Å². The molecule has 0 amide bonds. The van der Waals surface area contributed by atoms with Crippen molar-refractivity contribution in [3.63, 3.8) is 0 Å². The molecule has 0 aliphatic heterocycles. The van der Waals surface area contributed by atoms with E-state index in [1.165, 1.54) is 7.11 Å². The molecule has 1 atom stereocenters. The Morgan fingerprint density at radius 1 is 1.79 bits per heavy atom. The number of methoxy groups -OCH3 is 1. The van der Waals surface area contributed by atoms with Crippen LogP contribution in [0.2, 0.25) is 0 Å². The molecule has 5 nitrogen and oxygen atoms in total. The second kappa shape index (κ2) is 4.76. The van der Waals surface area contributed by atoms with Gasteiger partial charge in [0.15, 0.2) is 0 Å². The van der Waals surface area contributed by atoms with Gasteiger partial charge in [0.1, 0.15) is 6.04 Å². The SMILES string of the molecule is CNC(Cn1cc(C)cn1)C(=O)OC. The molecule has 0 saturated heterocycles. The molecule has 0 aliphatic rings. The van der Waals surface area contributed by atoms with Gasteiger partial charge in [-0.05, 0) is 19.5 Å². The predicted octanol–water partition coefficient (Wildman–Crippen LogP) is -0.0475. The van der Waals surface area contributed by atoms with E-state index in [0.717, 1.165) is 5.56 Å². The lowest BCUT2D eigenvalue weighted by Gasteiger charge is -2.13. The summed E-state index contributed by atoms with van der Waals surface area (Å²) < 4.78 is 6.36. The molecule has 0 aliphatic carbocycles. The van der Waals surface area contributed by atoms with Crippen molar-refractivity contribution in [1.82, 2.24) is 15.1 Å². The van der Waals surface area contributed by atoms with Crippen molar-refractivity contribution in [2.45, 2.75) is 19.5 Å². The maximum atomic E-state index is 11.2. The van der Waals surface area contributed by atoms with E-state index < -0.39 is 0 Å². The number of hydrogen-bond acceptors (Lipinski definition) is 4. The van der Waals surface area contributed by atoms with E-state index in [1.807, 2.05) is 13.1 Å². The molecule has 0 aromatic carbocycles. The highest BCUT2D eigenvalue weighted by Gasteiger charge is 2.17. The van der Waals surface area contributed by atoms with Crippen LogP contribution in [0.1, 0.15) is 5.56 Å². The third-order valence-electron chi connectivity index (χ3n) is 1.97. The van der Waals surface area contributed by atoms with Crippen LogP contribution in [0.15, 0.2) is 12.4 Å². The average molecular weight is 197 g/mol. The molecule has 0 bridgehead atoms. The molecule has 1 N–H and O–H groups in total. The van der Waals surface area contributed by atoms with Crippen molar-refractivity contribution < 1.29 is 9.53 Å². The van der Waals surface area contributed by atoms with E-state index in [4.69, 9.17) is 0 Å². The van der Waals surface area contributed by atoms with Gasteiger partial charge in [0, 0.05) is 6.20 Å². The molecule has 5 heteroatoms. The van der Waals surface area contributed by atoms with E-state index in [9.17, 15) is 4.79 Å². The van der Waals surface area contributed by atoms with Crippen molar-refractivity contribution in [2.75, 3.05) is 14.2 Å². The maximum absolute atomic E-state index is 11.2. The minimum absolute atomic E-state index is 0.277. The molecule has 0 spiro atoms. The van der Waals surface area contributed by atoms with E-state index in [-0.39, 0.29) is 12.0 Å². The highest BCUT2D eigenvalue weighted by Crippen LogP contribution is 1.97. The second-order valence-corrected chi connectivity index (χ2v) is 3.10. The van der Waals surface area contributed by atoms with Crippen molar-refractivity contribution in [2.24, 2.45) is 0 Å². The highest BCUT2D eigenvalue weighted by atomic mass is 16.5. The van der Waals surface area contributed by atoms with Gasteiger partial charge in [-0.25, -0.2) is 0 Å². The molecule has 0 saturated carbocycles. The Balaban J connectivity index is 2.61. The summed E-state index contributed by atoms with van der Waals surface area (Å²) >= 11 is 0. The molecular weight excluding hydrogens is 182 g/mol. The van der Waals surface area contributed by atoms with Gasteiger partial charge < -0.3 is 10.1 Å². The van der Waals surface area contributed by atoms with Crippen LogP contribution in [0.4, 0.5) is 0 Å². The minimum Gasteiger partial charge on any atom is -0.468 e. The first-order chi connectivity index (χ1) is 6.67. The number of ether oxygens (including phenoxy) is 1.